The molecule has 2 heterocycles. The van der Waals surface area contributed by atoms with Crippen LogP contribution in [0, 0.1) is 0 Å². The van der Waals surface area contributed by atoms with Crippen LogP contribution in [-0.2, 0) is 16.1 Å². The lowest BCUT2D eigenvalue weighted by Crippen LogP contribution is -2.51. The normalized spacial score (nSPS) is 12.6. The first-order chi connectivity index (χ1) is 17.4. The third-order valence-electron chi connectivity index (χ3n) is 5.49. The molecule has 0 atom stereocenters. The van der Waals surface area contributed by atoms with Gasteiger partial charge < -0.3 is 25.0 Å². The molecule has 11 heteroatoms. The molecule has 1 aromatic heterocycles. The minimum atomic E-state index is -0.472. The Balaban J connectivity index is 1.51. The van der Waals surface area contributed by atoms with Crippen molar-refractivity contribution in [3.05, 3.63) is 71.5 Å². The van der Waals surface area contributed by atoms with E-state index in [0.29, 0.717) is 33.6 Å². The largest absolute Gasteiger partial charge is 0.495 e. The quantitative estimate of drug-likeness (QED) is 0.478. The zero-order chi connectivity index (χ0) is 25.7. The third-order valence-corrected chi connectivity index (χ3v) is 5.79. The van der Waals surface area contributed by atoms with Crippen molar-refractivity contribution in [3.63, 3.8) is 0 Å². The maximum absolute atomic E-state index is 13.3. The number of hydrogen-bond acceptors (Lipinski definition) is 6. The number of fused-ring (bicyclic) bond motifs is 1. The van der Waals surface area contributed by atoms with E-state index < -0.39 is 11.9 Å². The van der Waals surface area contributed by atoms with Crippen LogP contribution < -0.4 is 25.0 Å². The average molecular weight is 510 g/mol. The predicted octanol–water partition coefficient (Wildman–Crippen LogP) is 3.77. The van der Waals surface area contributed by atoms with Gasteiger partial charge in [0.05, 0.1) is 37.2 Å². The number of para-hydroxylation sites is 1. The molecule has 4 rings (SSSR count). The van der Waals surface area contributed by atoms with Crippen LogP contribution in [0.15, 0.2) is 60.9 Å². The van der Waals surface area contributed by atoms with Gasteiger partial charge in [0.15, 0.2) is 0 Å². The smallest absolute Gasteiger partial charge is 0.325 e. The van der Waals surface area contributed by atoms with Crippen molar-refractivity contribution in [1.29, 1.82) is 0 Å². The van der Waals surface area contributed by atoms with Crippen LogP contribution in [0.1, 0.15) is 5.56 Å². The number of halogens is 1. The van der Waals surface area contributed by atoms with Gasteiger partial charge in [0, 0.05) is 24.1 Å². The van der Waals surface area contributed by atoms with Crippen LogP contribution in [0.2, 0.25) is 5.02 Å². The topological polar surface area (TPSA) is 113 Å². The summed E-state index contributed by atoms with van der Waals surface area (Å²) in [6, 6.07) is 13.2. The van der Waals surface area contributed by atoms with Gasteiger partial charge in [-0.2, -0.15) is 0 Å². The first-order valence-corrected chi connectivity index (χ1v) is 11.3. The molecule has 0 fully saturated rings. The SMILES string of the molecule is COc1cc(OC)c(NC(=O)CN2C(=O)N(CC(=O)Nc3ccncc3)Cc3ccccc32)cc1Cl. The maximum atomic E-state index is 13.3. The van der Waals surface area contributed by atoms with Crippen molar-refractivity contribution in [2.45, 2.75) is 6.54 Å². The number of nitrogens with one attached hydrogen (secondary N) is 2. The Kier molecular flexibility index (Phi) is 7.55. The number of carbonyl (C=O) groups excluding carboxylic acids is 3. The lowest BCUT2D eigenvalue weighted by molar-refractivity contribution is -0.116. The predicted molar refractivity (Wildman–Crippen MR) is 136 cm³/mol. The minimum Gasteiger partial charge on any atom is -0.495 e. The van der Waals surface area contributed by atoms with Gasteiger partial charge in [-0.05, 0) is 29.8 Å². The Morgan fingerprint density at radius 2 is 1.67 bits per heavy atom. The van der Waals surface area contributed by atoms with Gasteiger partial charge in [-0.15, -0.1) is 0 Å². The standard InChI is InChI=1S/C25H24ClN5O5/c1-35-21-12-22(36-2)19(11-18(21)26)29-24(33)15-31-20-6-4-3-5-16(20)13-30(25(31)34)14-23(32)28-17-7-9-27-10-8-17/h3-12H,13-15H2,1-2H3,(H,29,33)(H,27,28,32). The van der Waals surface area contributed by atoms with Crippen LogP contribution in [0.3, 0.4) is 0 Å². The summed E-state index contributed by atoms with van der Waals surface area (Å²) in [4.78, 5) is 45.6. The van der Waals surface area contributed by atoms with Gasteiger partial charge in [0.25, 0.3) is 0 Å². The summed E-state index contributed by atoms with van der Waals surface area (Å²) < 4.78 is 10.5. The highest BCUT2D eigenvalue weighted by Gasteiger charge is 2.32. The van der Waals surface area contributed by atoms with Gasteiger partial charge in [-0.25, -0.2) is 4.79 Å². The fourth-order valence-corrected chi connectivity index (χ4v) is 4.07. The van der Waals surface area contributed by atoms with E-state index in [0.717, 1.165) is 5.56 Å². The highest BCUT2D eigenvalue weighted by molar-refractivity contribution is 6.32. The second kappa shape index (κ2) is 11.0. The van der Waals surface area contributed by atoms with Gasteiger partial charge in [0.1, 0.15) is 24.6 Å². The molecule has 0 spiro atoms. The second-order valence-corrected chi connectivity index (χ2v) is 8.28. The molecule has 4 amide bonds. The molecule has 36 heavy (non-hydrogen) atoms. The minimum absolute atomic E-state index is 0.185. The van der Waals surface area contributed by atoms with Crippen molar-refractivity contribution in [3.8, 4) is 11.5 Å². The van der Waals surface area contributed by atoms with E-state index in [9.17, 15) is 14.4 Å². The summed E-state index contributed by atoms with van der Waals surface area (Å²) in [5, 5.41) is 5.77. The first-order valence-electron chi connectivity index (χ1n) is 10.9. The van der Waals surface area contributed by atoms with Crippen molar-refractivity contribution in [2.24, 2.45) is 0 Å². The van der Waals surface area contributed by atoms with Crippen molar-refractivity contribution in [2.75, 3.05) is 42.8 Å². The molecule has 2 N–H and O–H groups in total. The summed E-state index contributed by atoms with van der Waals surface area (Å²) in [6.07, 6.45) is 3.12. The molecule has 0 saturated heterocycles. The summed E-state index contributed by atoms with van der Waals surface area (Å²) in [7, 11) is 2.93. The highest BCUT2D eigenvalue weighted by Crippen LogP contribution is 2.36. The molecule has 3 aromatic rings. The average Bonchev–Trinajstić information content (AvgIpc) is 2.87. The molecule has 0 aliphatic carbocycles. The number of methoxy groups -OCH3 is 2. The van der Waals surface area contributed by atoms with Gasteiger partial charge in [0.2, 0.25) is 11.8 Å². The van der Waals surface area contributed by atoms with Crippen LogP contribution in [0.4, 0.5) is 21.9 Å². The Morgan fingerprint density at radius 1 is 0.972 bits per heavy atom. The van der Waals surface area contributed by atoms with E-state index >= 15 is 0 Å². The number of aromatic nitrogens is 1. The Bertz CT molecular complexity index is 1290. The Morgan fingerprint density at radius 3 is 2.39 bits per heavy atom. The zero-order valence-electron chi connectivity index (χ0n) is 19.7. The van der Waals surface area contributed by atoms with Crippen molar-refractivity contribution >= 4 is 46.5 Å². The van der Waals surface area contributed by atoms with Crippen molar-refractivity contribution in [1.82, 2.24) is 9.88 Å². The van der Waals surface area contributed by atoms with Crippen LogP contribution in [0.5, 0.6) is 11.5 Å². The van der Waals surface area contributed by atoms with Gasteiger partial charge >= 0.3 is 6.03 Å². The number of rotatable bonds is 8. The van der Waals surface area contributed by atoms with Crippen LogP contribution in [0.25, 0.3) is 0 Å². The maximum Gasteiger partial charge on any atom is 0.325 e. The number of amides is 4. The summed E-state index contributed by atoms with van der Waals surface area (Å²) in [5.41, 5.74) is 2.32. The molecule has 0 radical (unpaired) electrons. The van der Waals surface area contributed by atoms with Crippen molar-refractivity contribution < 1.29 is 23.9 Å². The fourth-order valence-electron chi connectivity index (χ4n) is 3.83. The molecule has 0 bridgehead atoms. The lowest BCUT2D eigenvalue weighted by Gasteiger charge is -2.36. The molecule has 186 valence electrons. The van der Waals surface area contributed by atoms with E-state index in [-0.39, 0.29) is 25.5 Å². The van der Waals surface area contributed by atoms with Crippen LogP contribution in [-0.4, -0.2) is 55.0 Å². The van der Waals surface area contributed by atoms with E-state index in [2.05, 4.69) is 15.6 Å². The van der Waals surface area contributed by atoms with Gasteiger partial charge in [-0.3, -0.25) is 19.5 Å². The Labute approximate surface area is 212 Å². The number of nitrogens with zero attached hydrogens (tertiary/aromatic N) is 3. The molecular weight excluding hydrogens is 486 g/mol. The molecule has 0 saturated carbocycles. The van der Waals surface area contributed by atoms with Gasteiger partial charge in [-0.1, -0.05) is 29.8 Å². The fraction of sp³-hybridized carbons (Fsp3) is 0.200. The molecule has 1 aliphatic heterocycles. The number of ether oxygens (including phenoxy) is 2. The van der Waals surface area contributed by atoms with E-state index in [1.807, 2.05) is 12.1 Å². The molecule has 2 aromatic carbocycles. The number of hydrogen-bond donors (Lipinski definition) is 2. The summed E-state index contributed by atoms with van der Waals surface area (Å²) >= 11 is 6.21. The number of anilines is 3. The summed E-state index contributed by atoms with van der Waals surface area (Å²) in [5.74, 6) is -0.0894. The molecular formula is C25H24ClN5O5. The highest BCUT2D eigenvalue weighted by atomic mass is 35.5. The van der Waals surface area contributed by atoms with Crippen LogP contribution >= 0.6 is 11.6 Å². The molecule has 0 unspecified atom stereocenters. The Hall–Kier alpha value is -4.31. The van der Waals surface area contributed by atoms with E-state index in [4.69, 9.17) is 21.1 Å². The molecule has 1 aliphatic rings. The lowest BCUT2D eigenvalue weighted by atomic mass is 10.1. The van der Waals surface area contributed by atoms with E-state index in [1.165, 1.54) is 30.1 Å². The van der Waals surface area contributed by atoms with E-state index in [1.54, 1.807) is 42.7 Å². The molecule has 10 nitrogen and oxygen atoms in total. The summed E-state index contributed by atoms with van der Waals surface area (Å²) in [6.45, 7) is -0.237. The third kappa shape index (κ3) is 5.49. The number of carbonyl (C=O) groups is 3. The number of urea groups is 1. The monoisotopic (exact) mass is 509 g/mol. The number of pyridine rings is 1. The number of benzene rings is 2. The first kappa shape index (κ1) is 24.8. The zero-order valence-corrected chi connectivity index (χ0v) is 20.4. The second-order valence-electron chi connectivity index (χ2n) is 7.87.